The highest BCUT2D eigenvalue weighted by atomic mass is 32.1. The number of benzene rings is 1. The largest absolute Gasteiger partial charge is 0.327 e. The first-order valence-corrected chi connectivity index (χ1v) is 8.83. The molecule has 1 aliphatic rings. The van der Waals surface area contributed by atoms with Crippen LogP contribution in [0.5, 0.6) is 0 Å². The fourth-order valence-corrected chi connectivity index (χ4v) is 3.76. The van der Waals surface area contributed by atoms with Crippen molar-refractivity contribution < 1.29 is 18.0 Å². The Labute approximate surface area is 155 Å². The molecule has 0 spiro atoms. The number of hydrogen-bond acceptors (Lipinski definition) is 6. The van der Waals surface area contributed by atoms with E-state index < -0.39 is 35.0 Å². The molecule has 1 amide bonds. The summed E-state index contributed by atoms with van der Waals surface area (Å²) in [5.41, 5.74) is -0.781. The highest BCUT2D eigenvalue weighted by Crippen LogP contribution is 2.31. The third kappa shape index (κ3) is 2.87. The van der Waals surface area contributed by atoms with Crippen LogP contribution in [0.15, 0.2) is 12.1 Å². The van der Waals surface area contributed by atoms with E-state index >= 15 is 0 Å². The minimum atomic E-state index is -1.23. The third-order valence-corrected chi connectivity index (χ3v) is 5.19. The van der Waals surface area contributed by atoms with Gasteiger partial charge in [0.1, 0.15) is 28.8 Å². The summed E-state index contributed by atoms with van der Waals surface area (Å²) in [6.45, 7) is 3.97. The molecule has 0 aliphatic carbocycles. The summed E-state index contributed by atoms with van der Waals surface area (Å²) in [5, 5.41) is 8.85. The summed E-state index contributed by atoms with van der Waals surface area (Å²) in [6, 6.07) is 0.400. The van der Waals surface area contributed by atoms with Crippen LogP contribution in [0.3, 0.4) is 0 Å². The Bertz CT molecular complexity index is 1030. The van der Waals surface area contributed by atoms with Crippen LogP contribution in [0, 0.1) is 24.4 Å². The first-order chi connectivity index (χ1) is 12.9. The van der Waals surface area contributed by atoms with Crippen LogP contribution in [-0.2, 0) is 6.54 Å². The molecule has 3 heterocycles. The maximum Gasteiger partial charge on any atom is 0.260 e. The molecule has 1 aliphatic heterocycles. The second-order valence-corrected chi connectivity index (χ2v) is 6.85. The number of nitrogens with zero attached hydrogens (tertiary/aromatic N) is 6. The van der Waals surface area contributed by atoms with Crippen LogP contribution in [-0.4, -0.2) is 41.5 Å². The number of rotatable bonds is 2. The van der Waals surface area contributed by atoms with Crippen molar-refractivity contribution in [3.63, 3.8) is 0 Å². The van der Waals surface area contributed by atoms with Crippen LogP contribution >= 0.6 is 11.5 Å². The van der Waals surface area contributed by atoms with E-state index in [2.05, 4.69) is 19.6 Å². The molecular weight excluding hydrogens is 381 g/mol. The average Bonchev–Trinajstić information content (AvgIpc) is 3.20. The quantitative estimate of drug-likeness (QED) is 0.668. The van der Waals surface area contributed by atoms with Gasteiger partial charge in [0.15, 0.2) is 16.7 Å². The van der Waals surface area contributed by atoms with Gasteiger partial charge in [0.2, 0.25) is 0 Å². The van der Waals surface area contributed by atoms with Gasteiger partial charge in [0.05, 0.1) is 6.04 Å². The smallest absolute Gasteiger partial charge is 0.260 e. The number of carbonyl (C=O) groups excluding carboxylic acids is 1. The molecule has 27 heavy (non-hydrogen) atoms. The zero-order chi connectivity index (χ0) is 19.3. The van der Waals surface area contributed by atoms with E-state index in [1.54, 1.807) is 13.8 Å². The molecular formula is C16H13F3N6OS. The van der Waals surface area contributed by atoms with E-state index in [-0.39, 0.29) is 6.54 Å². The molecule has 3 aromatic rings. The van der Waals surface area contributed by atoms with Gasteiger partial charge in [0, 0.05) is 25.2 Å². The summed E-state index contributed by atoms with van der Waals surface area (Å²) >= 11 is 1.19. The molecule has 1 aromatic carbocycles. The SMILES string of the molecule is Cc1nsc(-c2nnc3n2CCN(C(=O)c2c(F)cc(F)cc2F)[C@@H]3C)n1. The maximum absolute atomic E-state index is 14.0. The zero-order valence-electron chi connectivity index (χ0n) is 14.3. The molecule has 1 atom stereocenters. The molecule has 0 fully saturated rings. The summed E-state index contributed by atoms with van der Waals surface area (Å²) in [6.07, 6.45) is 0. The number of amides is 1. The number of halogens is 3. The fourth-order valence-electron chi connectivity index (χ4n) is 3.10. The van der Waals surface area contributed by atoms with Crippen LogP contribution in [0.2, 0.25) is 0 Å². The molecule has 11 heteroatoms. The van der Waals surface area contributed by atoms with Crippen molar-refractivity contribution in [3.8, 4) is 10.8 Å². The summed E-state index contributed by atoms with van der Waals surface area (Å²) in [7, 11) is 0. The summed E-state index contributed by atoms with van der Waals surface area (Å²) in [5.74, 6) is -2.78. The summed E-state index contributed by atoms with van der Waals surface area (Å²) < 4.78 is 47.0. The van der Waals surface area contributed by atoms with Gasteiger partial charge in [-0.15, -0.1) is 10.2 Å². The Hall–Kier alpha value is -2.82. The molecule has 0 unspecified atom stereocenters. The van der Waals surface area contributed by atoms with Gasteiger partial charge in [0.25, 0.3) is 5.91 Å². The lowest BCUT2D eigenvalue weighted by atomic mass is 10.1. The van der Waals surface area contributed by atoms with Gasteiger partial charge in [-0.25, -0.2) is 18.2 Å². The standard InChI is InChI=1S/C16H13F3N6OS/c1-7-13-21-22-14(15-20-8(2)23-27-15)25(13)4-3-24(7)16(26)12-10(18)5-9(17)6-11(12)19/h5-7H,3-4H2,1-2H3/t7-/m1/s1. The van der Waals surface area contributed by atoms with Crippen molar-refractivity contribution >= 4 is 17.4 Å². The molecule has 0 saturated heterocycles. The van der Waals surface area contributed by atoms with Crippen molar-refractivity contribution in [3.05, 3.63) is 46.8 Å². The van der Waals surface area contributed by atoms with Crippen LogP contribution in [0.25, 0.3) is 10.8 Å². The number of hydrogen-bond donors (Lipinski definition) is 0. The topological polar surface area (TPSA) is 76.8 Å². The van der Waals surface area contributed by atoms with E-state index in [0.717, 1.165) is 0 Å². The Morgan fingerprint density at radius 3 is 2.52 bits per heavy atom. The second kappa shape index (κ2) is 6.41. The Morgan fingerprint density at radius 1 is 1.19 bits per heavy atom. The summed E-state index contributed by atoms with van der Waals surface area (Å²) in [4.78, 5) is 18.3. The first-order valence-electron chi connectivity index (χ1n) is 8.06. The Balaban J connectivity index is 1.68. The van der Waals surface area contributed by atoms with E-state index in [0.29, 0.717) is 41.2 Å². The average molecular weight is 394 g/mol. The van der Waals surface area contributed by atoms with Gasteiger partial charge < -0.3 is 9.47 Å². The number of aromatic nitrogens is 5. The van der Waals surface area contributed by atoms with Gasteiger partial charge in [-0.2, -0.15) is 4.37 Å². The molecule has 2 aromatic heterocycles. The Kier molecular flexibility index (Phi) is 4.17. The predicted molar refractivity (Wildman–Crippen MR) is 89.4 cm³/mol. The molecule has 0 saturated carbocycles. The minimum Gasteiger partial charge on any atom is -0.327 e. The number of carbonyl (C=O) groups is 1. The molecule has 140 valence electrons. The van der Waals surface area contributed by atoms with Crippen molar-refractivity contribution in [2.24, 2.45) is 0 Å². The van der Waals surface area contributed by atoms with Crippen molar-refractivity contribution in [2.45, 2.75) is 26.4 Å². The van der Waals surface area contributed by atoms with Gasteiger partial charge in [-0.1, -0.05) is 0 Å². The normalized spacial score (nSPS) is 16.5. The number of fused-ring (bicyclic) bond motifs is 1. The van der Waals surface area contributed by atoms with Gasteiger partial charge in [-0.05, 0) is 25.4 Å². The fraction of sp³-hybridized carbons (Fsp3) is 0.312. The van der Waals surface area contributed by atoms with Crippen molar-refractivity contribution in [1.29, 1.82) is 0 Å². The lowest BCUT2D eigenvalue weighted by molar-refractivity contribution is 0.0628. The minimum absolute atomic E-state index is 0.187. The monoisotopic (exact) mass is 394 g/mol. The molecule has 0 bridgehead atoms. The predicted octanol–water partition coefficient (Wildman–Crippen LogP) is 2.74. The lowest BCUT2D eigenvalue weighted by Gasteiger charge is -2.33. The maximum atomic E-state index is 14.0. The molecule has 0 N–H and O–H groups in total. The first kappa shape index (κ1) is 17.6. The molecule has 0 radical (unpaired) electrons. The van der Waals surface area contributed by atoms with Gasteiger partial charge in [-0.3, -0.25) is 4.79 Å². The van der Waals surface area contributed by atoms with Crippen LogP contribution < -0.4 is 0 Å². The van der Waals surface area contributed by atoms with E-state index in [1.807, 2.05) is 4.57 Å². The van der Waals surface area contributed by atoms with Crippen LogP contribution in [0.1, 0.15) is 35.0 Å². The van der Waals surface area contributed by atoms with E-state index in [1.165, 1.54) is 16.4 Å². The van der Waals surface area contributed by atoms with E-state index in [4.69, 9.17) is 0 Å². The number of aryl methyl sites for hydroxylation is 1. The second-order valence-electron chi connectivity index (χ2n) is 6.10. The van der Waals surface area contributed by atoms with Gasteiger partial charge >= 0.3 is 0 Å². The lowest BCUT2D eigenvalue weighted by Crippen LogP contribution is -2.42. The zero-order valence-corrected chi connectivity index (χ0v) is 15.1. The van der Waals surface area contributed by atoms with Crippen LogP contribution in [0.4, 0.5) is 13.2 Å². The van der Waals surface area contributed by atoms with E-state index in [9.17, 15) is 18.0 Å². The highest BCUT2D eigenvalue weighted by molar-refractivity contribution is 7.09. The highest BCUT2D eigenvalue weighted by Gasteiger charge is 2.35. The van der Waals surface area contributed by atoms with Crippen molar-refractivity contribution in [1.82, 2.24) is 29.0 Å². The Morgan fingerprint density at radius 2 is 1.89 bits per heavy atom. The molecule has 4 rings (SSSR count). The molecule has 7 nitrogen and oxygen atoms in total. The van der Waals surface area contributed by atoms with Crippen molar-refractivity contribution in [2.75, 3.05) is 6.54 Å². The third-order valence-electron chi connectivity index (χ3n) is 4.39.